The number of benzene rings is 3. The van der Waals surface area contributed by atoms with Gasteiger partial charge in [-0.25, -0.2) is 9.79 Å². The zero-order chi connectivity index (χ0) is 28.9. The number of hydrogen-bond donors (Lipinski definition) is 0. The highest BCUT2D eigenvalue weighted by atomic mass is 79.9. The molecular formula is C32H29BrN2O5S. The largest absolute Gasteiger partial charge is 0.494 e. The summed E-state index contributed by atoms with van der Waals surface area (Å²) in [6.07, 6.45) is 1.82. The number of hydrogen-bond acceptors (Lipinski definition) is 7. The number of para-hydroxylation sites is 2. The van der Waals surface area contributed by atoms with Gasteiger partial charge in [0.05, 0.1) is 29.0 Å². The van der Waals surface area contributed by atoms with Gasteiger partial charge in [-0.15, -0.1) is 0 Å². The van der Waals surface area contributed by atoms with Crippen LogP contribution in [0.15, 0.2) is 98.3 Å². The molecule has 0 N–H and O–H groups in total. The topological polar surface area (TPSA) is 79.1 Å². The quantitative estimate of drug-likeness (QED) is 0.226. The number of nitrogens with zero attached hydrogens (tertiary/aromatic N) is 2. The molecule has 9 heteroatoms. The van der Waals surface area contributed by atoms with Crippen LogP contribution in [0.25, 0.3) is 6.08 Å². The van der Waals surface area contributed by atoms with Crippen LogP contribution in [-0.4, -0.2) is 23.8 Å². The predicted molar refractivity (Wildman–Crippen MR) is 163 cm³/mol. The molecule has 1 atom stereocenters. The summed E-state index contributed by atoms with van der Waals surface area (Å²) in [6, 6.07) is 22.2. The van der Waals surface area contributed by atoms with E-state index in [9.17, 15) is 9.59 Å². The molecule has 0 radical (unpaired) electrons. The normalized spacial score (nSPS) is 14.8. The maximum Gasteiger partial charge on any atom is 0.338 e. The fourth-order valence-corrected chi connectivity index (χ4v) is 6.00. The molecule has 7 nitrogen and oxygen atoms in total. The van der Waals surface area contributed by atoms with Crippen molar-refractivity contribution in [3.8, 4) is 11.5 Å². The van der Waals surface area contributed by atoms with Crippen molar-refractivity contribution in [1.29, 1.82) is 0 Å². The van der Waals surface area contributed by atoms with E-state index in [1.807, 2.05) is 85.8 Å². The monoisotopic (exact) mass is 632 g/mol. The van der Waals surface area contributed by atoms with Gasteiger partial charge in [-0.1, -0.05) is 75.8 Å². The fraction of sp³-hybridized carbons (Fsp3) is 0.219. The molecule has 5 rings (SSSR count). The van der Waals surface area contributed by atoms with Crippen molar-refractivity contribution in [2.75, 3.05) is 13.2 Å². The molecule has 210 valence electrons. The third kappa shape index (κ3) is 6.06. The molecule has 0 bridgehead atoms. The molecule has 4 aromatic rings. The van der Waals surface area contributed by atoms with Crippen molar-refractivity contribution in [3.05, 3.63) is 125 Å². The summed E-state index contributed by atoms with van der Waals surface area (Å²) in [4.78, 5) is 32.4. The Kier molecular flexibility index (Phi) is 8.85. The van der Waals surface area contributed by atoms with Crippen LogP contribution >= 0.6 is 27.3 Å². The Morgan fingerprint density at radius 1 is 0.976 bits per heavy atom. The number of ether oxygens (including phenoxy) is 3. The lowest BCUT2D eigenvalue weighted by atomic mass is 9.95. The molecule has 1 aliphatic heterocycles. The summed E-state index contributed by atoms with van der Waals surface area (Å²) in [7, 11) is 0. The lowest BCUT2D eigenvalue weighted by Crippen LogP contribution is -2.40. The van der Waals surface area contributed by atoms with Gasteiger partial charge in [-0.2, -0.15) is 0 Å². The van der Waals surface area contributed by atoms with Crippen molar-refractivity contribution in [2.24, 2.45) is 4.99 Å². The second-order valence-corrected chi connectivity index (χ2v) is 11.2. The van der Waals surface area contributed by atoms with Crippen LogP contribution in [0, 0.1) is 0 Å². The highest BCUT2D eigenvalue weighted by molar-refractivity contribution is 9.10. The summed E-state index contributed by atoms with van der Waals surface area (Å²) in [5.41, 5.74) is 3.04. The van der Waals surface area contributed by atoms with Crippen LogP contribution in [0.4, 0.5) is 0 Å². The molecule has 3 aromatic carbocycles. The van der Waals surface area contributed by atoms with Gasteiger partial charge in [0.15, 0.2) is 4.80 Å². The molecular weight excluding hydrogens is 604 g/mol. The van der Waals surface area contributed by atoms with Crippen molar-refractivity contribution in [3.63, 3.8) is 0 Å². The second-order valence-electron chi connectivity index (χ2n) is 9.23. The van der Waals surface area contributed by atoms with E-state index in [-0.39, 0.29) is 12.2 Å². The highest BCUT2D eigenvalue weighted by Gasteiger charge is 2.35. The van der Waals surface area contributed by atoms with Crippen LogP contribution < -0.4 is 24.4 Å². The first kappa shape index (κ1) is 28.6. The predicted octanol–water partition coefficient (Wildman–Crippen LogP) is 5.54. The number of fused-ring (bicyclic) bond motifs is 1. The van der Waals surface area contributed by atoms with Gasteiger partial charge in [0.1, 0.15) is 24.1 Å². The summed E-state index contributed by atoms with van der Waals surface area (Å²) < 4.78 is 20.5. The minimum Gasteiger partial charge on any atom is -0.494 e. The van der Waals surface area contributed by atoms with E-state index in [1.54, 1.807) is 18.4 Å². The van der Waals surface area contributed by atoms with Crippen LogP contribution in [0.3, 0.4) is 0 Å². The van der Waals surface area contributed by atoms with Crippen LogP contribution in [0.1, 0.15) is 43.5 Å². The molecule has 0 amide bonds. The molecule has 1 aromatic heterocycles. The lowest BCUT2D eigenvalue weighted by molar-refractivity contribution is -0.139. The minimum atomic E-state index is -0.751. The zero-order valence-corrected chi connectivity index (χ0v) is 25.3. The number of esters is 1. The number of rotatable bonds is 9. The maximum atomic E-state index is 14.0. The molecule has 0 aliphatic carbocycles. The first-order valence-electron chi connectivity index (χ1n) is 13.3. The van der Waals surface area contributed by atoms with Crippen molar-refractivity contribution in [2.45, 2.75) is 33.4 Å². The van der Waals surface area contributed by atoms with Gasteiger partial charge in [-0.05, 0) is 56.7 Å². The Bertz CT molecular complexity index is 1790. The van der Waals surface area contributed by atoms with Gasteiger partial charge in [0, 0.05) is 15.6 Å². The number of carbonyl (C=O) groups excluding carboxylic acids is 1. The van der Waals surface area contributed by atoms with Gasteiger partial charge in [0.25, 0.3) is 5.56 Å². The van der Waals surface area contributed by atoms with Gasteiger partial charge in [-0.3, -0.25) is 9.36 Å². The number of carbonyl (C=O) groups is 1. The summed E-state index contributed by atoms with van der Waals surface area (Å²) in [5, 5.41) is 0. The van der Waals surface area contributed by atoms with E-state index in [1.165, 1.54) is 11.3 Å². The van der Waals surface area contributed by atoms with E-state index in [0.717, 1.165) is 15.6 Å². The molecule has 0 fully saturated rings. The average Bonchev–Trinajstić information content (AvgIpc) is 3.27. The number of allylic oxidation sites excluding steroid dienone is 1. The summed E-state index contributed by atoms with van der Waals surface area (Å²) in [5.74, 6) is 0.742. The van der Waals surface area contributed by atoms with Crippen molar-refractivity contribution >= 4 is 39.3 Å². The second kappa shape index (κ2) is 12.7. The molecule has 0 saturated heterocycles. The molecule has 0 unspecified atom stereocenters. The average molecular weight is 634 g/mol. The maximum absolute atomic E-state index is 14.0. The minimum absolute atomic E-state index is 0.205. The zero-order valence-electron chi connectivity index (χ0n) is 22.9. The fourth-order valence-electron chi connectivity index (χ4n) is 4.69. The first-order valence-corrected chi connectivity index (χ1v) is 14.9. The number of aromatic nitrogens is 1. The summed E-state index contributed by atoms with van der Waals surface area (Å²) >= 11 is 4.73. The SMILES string of the molecule is CCOC(=O)C1=C(C)N=c2s/c(=C\c3ccccc3OCc3ccc(Br)cc3)c(=O)n2[C@H]1c1ccccc1OCC. The van der Waals surface area contributed by atoms with Gasteiger partial charge < -0.3 is 14.2 Å². The van der Waals surface area contributed by atoms with Crippen molar-refractivity contribution < 1.29 is 19.0 Å². The Morgan fingerprint density at radius 2 is 1.68 bits per heavy atom. The van der Waals surface area contributed by atoms with Crippen LogP contribution in [-0.2, 0) is 16.1 Å². The van der Waals surface area contributed by atoms with Gasteiger partial charge in [0.2, 0.25) is 0 Å². The third-order valence-corrected chi connectivity index (χ3v) is 8.06. The molecule has 0 spiro atoms. The van der Waals surface area contributed by atoms with E-state index in [4.69, 9.17) is 14.2 Å². The molecule has 0 saturated carbocycles. The molecule has 2 heterocycles. The highest BCUT2D eigenvalue weighted by Crippen LogP contribution is 2.36. The van der Waals surface area contributed by atoms with E-state index in [2.05, 4.69) is 20.9 Å². The number of thiazole rings is 1. The van der Waals surface area contributed by atoms with Crippen molar-refractivity contribution in [1.82, 2.24) is 4.57 Å². The van der Waals surface area contributed by atoms with Gasteiger partial charge >= 0.3 is 5.97 Å². The molecule has 41 heavy (non-hydrogen) atoms. The number of halogens is 1. The van der Waals surface area contributed by atoms with E-state index >= 15 is 0 Å². The molecule has 1 aliphatic rings. The standard InChI is InChI=1S/C32H29BrN2O5S/c1-4-38-26-13-9-7-11-24(26)29-28(31(37)39-5-2)20(3)34-32-35(29)30(36)27(41-32)18-22-10-6-8-12-25(22)40-19-21-14-16-23(33)17-15-21/h6-18,29H,4-5,19H2,1-3H3/b27-18-/t29-/m0/s1. The smallest absolute Gasteiger partial charge is 0.338 e. The Morgan fingerprint density at radius 3 is 2.41 bits per heavy atom. The van der Waals surface area contributed by atoms with E-state index < -0.39 is 12.0 Å². The Labute approximate surface area is 250 Å². The summed E-state index contributed by atoms with van der Waals surface area (Å²) in [6.45, 7) is 6.44. The van der Waals surface area contributed by atoms with E-state index in [0.29, 0.717) is 50.9 Å². The Balaban J connectivity index is 1.62. The van der Waals surface area contributed by atoms with Crippen LogP contribution in [0.2, 0.25) is 0 Å². The first-order chi connectivity index (χ1) is 19.9. The van der Waals surface area contributed by atoms with Crippen LogP contribution in [0.5, 0.6) is 11.5 Å². The lowest BCUT2D eigenvalue weighted by Gasteiger charge is -2.26. The Hall–Kier alpha value is -3.95. The third-order valence-electron chi connectivity index (χ3n) is 6.54.